The van der Waals surface area contributed by atoms with Crippen molar-refractivity contribution < 1.29 is 17.5 Å². The van der Waals surface area contributed by atoms with Gasteiger partial charge in [0.05, 0.1) is 7.11 Å². The quantitative estimate of drug-likeness (QED) is 0.790. The zero-order valence-electron chi connectivity index (χ0n) is 9.12. The molecule has 6 heteroatoms. The topological polar surface area (TPSA) is 43.4 Å². The molecule has 0 fully saturated rings. The highest BCUT2D eigenvalue weighted by Gasteiger charge is 2.28. The maximum absolute atomic E-state index is 13.8. The smallest absolute Gasteiger partial charge is 0.264 e. The number of halogens is 2. The summed E-state index contributed by atoms with van der Waals surface area (Å²) in [6.07, 6.45) is 0. The van der Waals surface area contributed by atoms with E-state index in [0.29, 0.717) is 0 Å². The number of hydrogen-bond donors (Lipinski definition) is 0. The molecule has 16 heavy (non-hydrogen) atoms. The lowest BCUT2D eigenvalue weighted by Crippen LogP contribution is -2.12. The van der Waals surface area contributed by atoms with Crippen LogP contribution in [0.4, 0.5) is 4.39 Å². The molecular formula is C10H12ClFO3S. The van der Waals surface area contributed by atoms with Crippen molar-refractivity contribution in [1.29, 1.82) is 0 Å². The first-order valence-electron chi connectivity index (χ1n) is 4.49. The van der Waals surface area contributed by atoms with E-state index < -0.39 is 14.7 Å². The molecule has 0 heterocycles. The lowest BCUT2D eigenvalue weighted by molar-refractivity contribution is 0.212. The van der Waals surface area contributed by atoms with Gasteiger partial charge in [0.1, 0.15) is 16.3 Å². The monoisotopic (exact) mass is 266 g/mol. The Hall–Kier alpha value is -0.810. The third-order valence-electron chi connectivity index (χ3n) is 2.09. The Kier molecular flexibility index (Phi) is 3.50. The van der Waals surface area contributed by atoms with E-state index in [4.69, 9.17) is 15.4 Å². The molecule has 3 nitrogen and oxygen atoms in total. The van der Waals surface area contributed by atoms with Crippen molar-refractivity contribution in [1.82, 2.24) is 0 Å². The van der Waals surface area contributed by atoms with E-state index in [9.17, 15) is 12.8 Å². The fourth-order valence-corrected chi connectivity index (χ4v) is 2.41. The molecular weight excluding hydrogens is 255 g/mol. The lowest BCUT2D eigenvalue weighted by atomic mass is 9.99. The summed E-state index contributed by atoms with van der Waals surface area (Å²) in [7, 11) is 2.56. The van der Waals surface area contributed by atoms with E-state index in [1.807, 2.05) is 0 Å². The largest absolute Gasteiger partial charge is 0.495 e. The number of hydrogen-bond acceptors (Lipinski definition) is 3. The van der Waals surface area contributed by atoms with E-state index in [1.54, 1.807) is 0 Å². The Morgan fingerprint density at radius 3 is 2.31 bits per heavy atom. The first kappa shape index (κ1) is 13.3. The number of rotatable bonds is 3. The van der Waals surface area contributed by atoms with Crippen LogP contribution in [-0.4, -0.2) is 15.5 Å². The Morgan fingerprint density at radius 2 is 1.94 bits per heavy atom. The van der Waals surface area contributed by atoms with Crippen LogP contribution in [0.25, 0.3) is 0 Å². The van der Waals surface area contributed by atoms with Gasteiger partial charge in [-0.3, -0.25) is 0 Å². The van der Waals surface area contributed by atoms with Gasteiger partial charge in [0.2, 0.25) is 0 Å². The van der Waals surface area contributed by atoms with Gasteiger partial charge in [-0.2, -0.15) is 0 Å². The molecule has 0 aliphatic heterocycles. The van der Waals surface area contributed by atoms with Crippen molar-refractivity contribution in [3.8, 4) is 5.75 Å². The molecule has 0 saturated heterocycles. The van der Waals surface area contributed by atoms with Crippen LogP contribution in [0.15, 0.2) is 23.1 Å². The highest BCUT2D eigenvalue weighted by atomic mass is 35.7. The molecule has 0 amide bonds. The summed E-state index contributed by atoms with van der Waals surface area (Å²) in [6.45, 7) is 2.63. The molecule has 0 unspecified atom stereocenters. The molecule has 0 atom stereocenters. The molecule has 90 valence electrons. The number of para-hydroxylation sites is 1. The van der Waals surface area contributed by atoms with Crippen LogP contribution in [0.5, 0.6) is 5.75 Å². The summed E-state index contributed by atoms with van der Waals surface area (Å²) in [5.74, 6) is -0.0509. The van der Waals surface area contributed by atoms with E-state index in [0.717, 1.165) is 0 Å². The van der Waals surface area contributed by atoms with Crippen molar-refractivity contribution >= 4 is 19.7 Å². The second-order valence-electron chi connectivity index (χ2n) is 3.75. The zero-order chi connectivity index (χ0) is 12.6. The molecule has 0 aliphatic carbocycles. The first-order valence-corrected chi connectivity index (χ1v) is 6.80. The molecule has 0 aliphatic rings. The average Bonchev–Trinajstić information content (AvgIpc) is 2.13. The summed E-state index contributed by atoms with van der Waals surface area (Å²) in [6, 6.07) is 4.16. The van der Waals surface area contributed by atoms with Gasteiger partial charge in [-0.25, -0.2) is 12.8 Å². The van der Waals surface area contributed by atoms with Crippen molar-refractivity contribution in [3.05, 3.63) is 23.8 Å². The van der Waals surface area contributed by atoms with Crippen LogP contribution >= 0.6 is 10.7 Å². The number of methoxy groups -OCH3 is 1. The van der Waals surface area contributed by atoms with E-state index in [-0.39, 0.29) is 16.2 Å². The lowest BCUT2D eigenvalue weighted by Gasteiger charge is -2.19. The fourth-order valence-electron chi connectivity index (χ4n) is 1.39. The van der Waals surface area contributed by atoms with Crippen molar-refractivity contribution in [2.24, 2.45) is 0 Å². The van der Waals surface area contributed by atoms with Gasteiger partial charge in [0.15, 0.2) is 0 Å². The van der Waals surface area contributed by atoms with Crippen LogP contribution in [0.1, 0.15) is 19.4 Å². The van der Waals surface area contributed by atoms with Crippen molar-refractivity contribution in [2.45, 2.75) is 24.4 Å². The maximum Gasteiger partial charge on any atom is 0.264 e. The van der Waals surface area contributed by atoms with Gasteiger partial charge in [-0.15, -0.1) is 0 Å². The summed E-state index contributed by atoms with van der Waals surface area (Å²) in [4.78, 5) is -0.222. The van der Waals surface area contributed by atoms with E-state index >= 15 is 0 Å². The number of ether oxygens (including phenoxy) is 1. The van der Waals surface area contributed by atoms with Crippen LogP contribution in [0.3, 0.4) is 0 Å². The van der Waals surface area contributed by atoms with Crippen LogP contribution in [0.2, 0.25) is 0 Å². The summed E-state index contributed by atoms with van der Waals surface area (Å²) in [5.41, 5.74) is -1.56. The summed E-state index contributed by atoms with van der Waals surface area (Å²) < 4.78 is 41.3. The van der Waals surface area contributed by atoms with Crippen LogP contribution in [-0.2, 0) is 14.7 Å². The maximum atomic E-state index is 13.8. The summed E-state index contributed by atoms with van der Waals surface area (Å²) >= 11 is 0. The van der Waals surface area contributed by atoms with Crippen molar-refractivity contribution in [3.63, 3.8) is 0 Å². The Morgan fingerprint density at radius 1 is 1.38 bits per heavy atom. The average molecular weight is 267 g/mol. The number of alkyl halides is 1. The van der Waals surface area contributed by atoms with Crippen LogP contribution < -0.4 is 4.74 Å². The van der Waals surface area contributed by atoms with Crippen molar-refractivity contribution in [2.75, 3.05) is 7.11 Å². The molecule has 0 saturated carbocycles. The molecule has 0 radical (unpaired) electrons. The van der Waals surface area contributed by atoms with E-state index in [2.05, 4.69) is 0 Å². The minimum absolute atomic E-state index is 0.0509. The molecule has 0 N–H and O–H groups in total. The first-order chi connectivity index (χ1) is 7.18. The minimum atomic E-state index is -3.95. The van der Waals surface area contributed by atoms with Gasteiger partial charge in [0.25, 0.3) is 9.05 Å². The van der Waals surface area contributed by atoms with Gasteiger partial charge in [0, 0.05) is 16.2 Å². The van der Waals surface area contributed by atoms with E-state index in [1.165, 1.54) is 39.2 Å². The fraction of sp³-hybridized carbons (Fsp3) is 0.400. The van der Waals surface area contributed by atoms with Gasteiger partial charge in [-0.1, -0.05) is 12.1 Å². The minimum Gasteiger partial charge on any atom is -0.495 e. The predicted octanol–water partition coefficient (Wildman–Crippen LogP) is 2.83. The highest BCUT2D eigenvalue weighted by molar-refractivity contribution is 8.13. The standard InChI is InChI=1S/C10H12ClFO3S/c1-10(2,12)7-5-4-6-8(9(7)15-3)16(11,13)14/h4-6H,1-3H3. The molecule has 1 aromatic carbocycles. The Bertz CT molecular complexity index is 491. The molecule has 0 aromatic heterocycles. The third kappa shape index (κ3) is 2.65. The second kappa shape index (κ2) is 4.22. The molecule has 1 rings (SSSR count). The SMILES string of the molecule is COc1c(C(C)(C)F)cccc1S(=O)(=O)Cl. The van der Waals surface area contributed by atoms with Gasteiger partial charge >= 0.3 is 0 Å². The Balaban J connectivity index is 3.57. The molecule has 0 bridgehead atoms. The van der Waals surface area contributed by atoms with Crippen LogP contribution in [0, 0.1) is 0 Å². The zero-order valence-corrected chi connectivity index (χ0v) is 10.7. The predicted molar refractivity (Wildman–Crippen MR) is 60.2 cm³/mol. The number of benzene rings is 1. The molecule has 0 spiro atoms. The van der Waals surface area contributed by atoms with Gasteiger partial charge in [-0.05, 0) is 19.9 Å². The second-order valence-corrected chi connectivity index (χ2v) is 6.28. The summed E-state index contributed by atoms with van der Waals surface area (Å²) in [5, 5.41) is 0. The third-order valence-corrected chi connectivity index (χ3v) is 3.43. The Labute approximate surface area is 98.6 Å². The molecule has 1 aromatic rings. The van der Waals surface area contributed by atoms with Gasteiger partial charge < -0.3 is 4.74 Å². The normalized spacial score (nSPS) is 12.6. The highest BCUT2D eigenvalue weighted by Crippen LogP contribution is 2.38.